The summed E-state index contributed by atoms with van der Waals surface area (Å²) in [6.07, 6.45) is 15.3. The molecular formula is C28H44O3. The Bertz CT molecular complexity index is 724. The number of carbonyl (C=O) groups is 2. The molecule has 4 aliphatic rings. The van der Waals surface area contributed by atoms with E-state index < -0.39 is 0 Å². The molecule has 0 saturated heterocycles. The van der Waals surface area contributed by atoms with E-state index in [1.807, 2.05) is 6.92 Å². The predicted molar refractivity (Wildman–Crippen MR) is 124 cm³/mol. The number of hydrogen-bond donors (Lipinski definition) is 0. The van der Waals surface area contributed by atoms with Crippen molar-refractivity contribution in [1.29, 1.82) is 0 Å². The monoisotopic (exact) mass is 428 g/mol. The van der Waals surface area contributed by atoms with Crippen molar-refractivity contribution in [1.82, 2.24) is 0 Å². The summed E-state index contributed by atoms with van der Waals surface area (Å²) in [5, 5.41) is 0. The highest BCUT2D eigenvalue weighted by Gasteiger charge is 2.59. The first kappa shape index (κ1) is 23.1. The zero-order valence-electron chi connectivity index (χ0n) is 20.4. The van der Waals surface area contributed by atoms with E-state index in [4.69, 9.17) is 4.74 Å². The minimum absolute atomic E-state index is 0.0194. The van der Waals surface area contributed by atoms with Crippen LogP contribution in [0.25, 0.3) is 0 Å². The number of hydrogen-bond acceptors (Lipinski definition) is 3. The van der Waals surface area contributed by atoms with Gasteiger partial charge in [0.2, 0.25) is 0 Å². The van der Waals surface area contributed by atoms with Crippen LogP contribution >= 0.6 is 0 Å². The standard InChI is InChI=1S/C28H44O3/c1-5-17-31-26(30)8-6-7-19(2)23-11-12-24-22-10-9-20-18-21(29)13-15-27(20,3)25(22)14-16-28(23,24)4/h9,19,22-25H,5-8,10-18H2,1-4H3/t19-,22+,23-,24+,25+,27+,28-/m1/s1. The quantitative estimate of drug-likeness (QED) is 0.327. The Labute approximate surface area is 189 Å². The average molecular weight is 429 g/mol. The summed E-state index contributed by atoms with van der Waals surface area (Å²) >= 11 is 0. The van der Waals surface area contributed by atoms with Gasteiger partial charge in [0, 0.05) is 19.3 Å². The highest BCUT2D eigenvalue weighted by atomic mass is 16.5. The van der Waals surface area contributed by atoms with E-state index in [1.54, 1.807) is 0 Å². The van der Waals surface area contributed by atoms with Gasteiger partial charge in [-0.05, 0) is 98.2 Å². The predicted octanol–water partition coefficient (Wildman–Crippen LogP) is 6.89. The number of ether oxygens (including phenoxy) is 1. The first-order valence-corrected chi connectivity index (χ1v) is 13.2. The molecule has 3 fully saturated rings. The lowest BCUT2D eigenvalue weighted by Gasteiger charge is -2.58. The van der Waals surface area contributed by atoms with E-state index in [-0.39, 0.29) is 11.4 Å². The van der Waals surface area contributed by atoms with Crippen LogP contribution in [-0.4, -0.2) is 18.4 Å². The first-order chi connectivity index (χ1) is 14.8. The van der Waals surface area contributed by atoms with Crippen molar-refractivity contribution in [3.8, 4) is 0 Å². The lowest BCUT2D eigenvalue weighted by atomic mass is 9.47. The molecule has 0 spiro atoms. The lowest BCUT2D eigenvalue weighted by molar-refractivity contribution is -0.143. The van der Waals surface area contributed by atoms with Gasteiger partial charge in [-0.25, -0.2) is 0 Å². The topological polar surface area (TPSA) is 43.4 Å². The van der Waals surface area contributed by atoms with Gasteiger partial charge in [0.1, 0.15) is 5.78 Å². The van der Waals surface area contributed by atoms with Gasteiger partial charge in [-0.1, -0.05) is 39.3 Å². The van der Waals surface area contributed by atoms with E-state index in [0.29, 0.717) is 30.1 Å². The zero-order valence-corrected chi connectivity index (χ0v) is 20.4. The van der Waals surface area contributed by atoms with Crippen LogP contribution in [0.1, 0.15) is 105 Å². The average Bonchev–Trinajstić information content (AvgIpc) is 3.10. The van der Waals surface area contributed by atoms with E-state index in [2.05, 4.69) is 26.8 Å². The van der Waals surface area contributed by atoms with Gasteiger partial charge >= 0.3 is 5.97 Å². The Balaban J connectivity index is 1.40. The smallest absolute Gasteiger partial charge is 0.305 e. The second kappa shape index (κ2) is 9.02. The molecule has 174 valence electrons. The maximum atomic E-state index is 12.1. The fourth-order valence-corrected chi connectivity index (χ4v) is 8.51. The molecule has 3 heteroatoms. The van der Waals surface area contributed by atoms with Gasteiger partial charge in [-0.3, -0.25) is 9.59 Å². The molecule has 0 aromatic carbocycles. The van der Waals surface area contributed by atoms with E-state index >= 15 is 0 Å². The lowest BCUT2D eigenvalue weighted by Crippen LogP contribution is -2.50. The molecule has 7 atom stereocenters. The number of allylic oxidation sites excluding steroid dienone is 2. The van der Waals surface area contributed by atoms with Crippen molar-refractivity contribution < 1.29 is 14.3 Å². The van der Waals surface area contributed by atoms with Crippen molar-refractivity contribution in [3.05, 3.63) is 11.6 Å². The van der Waals surface area contributed by atoms with Crippen LogP contribution in [-0.2, 0) is 14.3 Å². The van der Waals surface area contributed by atoms with Crippen molar-refractivity contribution in [2.45, 2.75) is 105 Å². The minimum atomic E-state index is -0.0194. The summed E-state index contributed by atoms with van der Waals surface area (Å²) in [4.78, 5) is 24.0. The third kappa shape index (κ3) is 4.15. The van der Waals surface area contributed by atoms with Crippen LogP contribution in [0.2, 0.25) is 0 Å². The summed E-state index contributed by atoms with van der Waals surface area (Å²) in [7, 11) is 0. The van der Waals surface area contributed by atoms with Gasteiger partial charge < -0.3 is 4.74 Å². The van der Waals surface area contributed by atoms with Gasteiger partial charge in [0.15, 0.2) is 0 Å². The number of rotatable bonds is 7. The SMILES string of the molecule is CCCOC(=O)CCC[C@@H](C)[C@H]1CC[C@H]2[C@@H]3CC=C4CC(=O)CC[C@]4(C)[C@H]3CC[C@]12C. The first-order valence-electron chi connectivity index (χ1n) is 13.2. The molecule has 0 aromatic heterocycles. The van der Waals surface area contributed by atoms with Crippen LogP contribution in [0.15, 0.2) is 11.6 Å². The second-order valence-corrected chi connectivity index (χ2v) is 11.8. The Morgan fingerprint density at radius 3 is 2.77 bits per heavy atom. The molecule has 4 aliphatic carbocycles. The summed E-state index contributed by atoms with van der Waals surface area (Å²) < 4.78 is 5.26. The fourth-order valence-electron chi connectivity index (χ4n) is 8.51. The number of fused-ring (bicyclic) bond motifs is 5. The fraction of sp³-hybridized carbons (Fsp3) is 0.857. The highest BCUT2D eigenvalue weighted by Crippen LogP contribution is 2.67. The van der Waals surface area contributed by atoms with Crippen molar-refractivity contribution in [2.75, 3.05) is 6.61 Å². The van der Waals surface area contributed by atoms with Crippen LogP contribution in [0.5, 0.6) is 0 Å². The number of esters is 1. The van der Waals surface area contributed by atoms with Crippen LogP contribution in [0, 0.1) is 40.4 Å². The van der Waals surface area contributed by atoms with Crippen molar-refractivity contribution in [2.24, 2.45) is 40.4 Å². The molecular weight excluding hydrogens is 384 g/mol. The van der Waals surface area contributed by atoms with Crippen molar-refractivity contribution in [3.63, 3.8) is 0 Å². The Morgan fingerprint density at radius 1 is 1.19 bits per heavy atom. The third-order valence-corrected chi connectivity index (χ3v) is 10.2. The molecule has 0 bridgehead atoms. The van der Waals surface area contributed by atoms with E-state index in [1.165, 1.54) is 37.7 Å². The summed E-state index contributed by atoms with van der Waals surface area (Å²) in [5.41, 5.74) is 2.21. The Kier molecular flexibility index (Phi) is 6.71. The van der Waals surface area contributed by atoms with Crippen LogP contribution in [0.4, 0.5) is 0 Å². The largest absolute Gasteiger partial charge is 0.466 e. The Hall–Kier alpha value is -1.12. The van der Waals surface area contributed by atoms with Gasteiger partial charge in [-0.15, -0.1) is 0 Å². The number of Topliss-reactive ketones (excluding diaryl/α,β-unsaturated/α-hetero) is 1. The summed E-state index contributed by atoms with van der Waals surface area (Å²) in [5.74, 6) is 4.33. The van der Waals surface area contributed by atoms with E-state index in [0.717, 1.165) is 62.2 Å². The molecule has 3 saturated carbocycles. The molecule has 0 aliphatic heterocycles. The van der Waals surface area contributed by atoms with Crippen molar-refractivity contribution >= 4 is 11.8 Å². The van der Waals surface area contributed by atoms with Gasteiger partial charge in [-0.2, -0.15) is 0 Å². The van der Waals surface area contributed by atoms with E-state index in [9.17, 15) is 9.59 Å². The van der Waals surface area contributed by atoms with Crippen LogP contribution < -0.4 is 0 Å². The molecule has 0 heterocycles. The third-order valence-electron chi connectivity index (χ3n) is 10.2. The highest BCUT2D eigenvalue weighted by molar-refractivity contribution is 5.82. The normalized spacial score (nSPS) is 40.4. The van der Waals surface area contributed by atoms with Crippen LogP contribution in [0.3, 0.4) is 0 Å². The molecule has 0 amide bonds. The summed E-state index contributed by atoms with van der Waals surface area (Å²) in [6.45, 7) is 10.1. The number of carbonyl (C=O) groups excluding carboxylic acids is 2. The molecule has 0 N–H and O–H groups in total. The molecule has 0 unspecified atom stereocenters. The second-order valence-electron chi connectivity index (χ2n) is 11.8. The molecule has 0 radical (unpaired) electrons. The Morgan fingerprint density at radius 2 is 2.00 bits per heavy atom. The summed E-state index contributed by atoms with van der Waals surface area (Å²) in [6, 6.07) is 0. The molecule has 0 aromatic rings. The molecule has 31 heavy (non-hydrogen) atoms. The maximum Gasteiger partial charge on any atom is 0.305 e. The number of ketones is 1. The van der Waals surface area contributed by atoms with Gasteiger partial charge in [0.25, 0.3) is 0 Å². The zero-order chi connectivity index (χ0) is 22.2. The minimum Gasteiger partial charge on any atom is -0.466 e. The maximum absolute atomic E-state index is 12.1. The molecule has 4 rings (SSSR count). The molecule has 3 nitrogen and oxygen atoms in total. The van der Waals surface area contributed by atoms with Gasteiger partial charge in [0.05, 0.1) is 6.61 Å².